The van der Waals surface area contributed by atoms with Gasteiger partial charge in [-0.25, -0.2) is 0 Å². The molecule has 6 nitrogen and oxygen atoms in total. The van der Waals surface area contributed by atoms with Gasteiger partial charge in [-0.3, -0.25) is 9.67 Å². The second-order valence-electron chi connectivity index (χ2n) is 7.05. The number of nitrogens with zero attached hydrogens (tertiary/aromatic N) is 4. The minimum atomic E-state index is 0. The zero-order chi connectivity index (χ0) is 19.1. The van der Waals surface area contributed by atoms with Crippen molar-refractivity contribution in [3.8, 4) is 0 Å². The predicted molar refractivity (Wildman–Crippen MR) is 124 cm³/mol. The van der Waals surface area contributed by atoms with Crippen molar-refractivity contribution in [3.63, 3.8) is 0 Å². The number of hydrogen-bond acceptors (Lipinski definition) is 3. The van der Waals surface area contributed by atoms with Crippen molar-refractivity contribution in [1.29, 1.82) is 0 Å². The molecule has 2 rings (SSSR count). The average Bonchev–Trinajstić information content (AvgIpc) is 2.98. The van der Waals surface area contributed by atoms with E-state index in [1.165, 1.54) is 22.3 Å². The summed E-state index contributed by atoms with van der Waals surface area (Å²) in [6, 6.07) is 6.93. The molecule has 1 aromatic carbocycles. The van der Waals surface area contributed by atoms with E-state index in [1.807, 2.05) is 17.9 Å². The summed E-state index contributed by atoms with van der Waals surface area (Å²) in [6.45, 7) is 5.90. The summed E-state index contributed by atoms with van der Waals surface area (Å²) in [4.78, 5) is 6.53. The van der Waals surface area contributed by atoms with Gasteiger partial charge in [0.15, 0.2) is 5.96 Å². The Labute approximate surface area is 180 Å². The fourth-order valence-corrected chi connectivity index (χ4v) is 3.16. The summed E-state index contributed by atoms with van der Waals surface area (Å²) >= 11 is 0. The van der Waals surface area contributed by atoms with Gasteiger partial charge < -0.3 is 15.5 Å². The maximum absolute atomic E-state index is 4.34. The van der Waals surface area contributed by atoms with E-state index in [2.05, 4.69) is 78.0 Å². The third-order valence-corrected chi connectivity index (χ3v) is 4.41. The molecule has 0 fully saturated rings. The summed E-state index contributed by atoms with van der Waals surface area (Å²) in [7, 11) is 7.91. The number of guanidine groups is 1. The van der Waals surface area contributed by atoms with Crippen molar-refractivity contribution in [1.82, 2.24) is 25.3 Å². The second-order valence-corrected chi connectivity index (χ2v) is 7.05. The highest BCUT2D eigenvalue weighted by molar-refractivity contribution is 14.0. The molecule has 150 valence electrons. The first-order valence-corrected chi connectivity index (χ1v) is 9.05. The molecule has 27 heavy (non-hydrogen) atoms. The van der Waals surface area contributed by atoms with Gasteiger partial charge >= 0.3 is 0 Å². The monoisotopic (exact) mass is 484 g/mol. The quantitative estimate of drug-likeness (QED) is 0.361. The highest BCUT2D eigenvalue weighted by Gasteiger charge is 2.16. The van der Waals surface area contributed by atoms with Crippen LogP contribution in [0.5, 0.6) is 0 Å². The van der Waals surface area contributed by atoms with Gasteiger partial charge in [0.2, 0.25) is 0 Å². The van der Waals surface area contributed by atoms with Crippen molar-refractivity contribution in [3.05, 3.63) is 52.8 Å². The van der Waals surface area contributed by atoms with Crippen molar-refractivity contribution in [2.45, 2.75) is 26.3 Å². The Morgan fingerprint density at radius 1 is 1.19 bits per heavy atom. The lowest BCUT2D eigenvalue weighted by atomic mass is 10.1. The number of likely N-dealkylation sites (N-methyl/N-ethyl adjacent to an activating group) is 1. The third kappa shape index (κ3) is 7.50. The van der Waals surface area contributed by atoms with E-state index in [0.717, 1.165) is 25.5 Å². The molecule has 1 heterocycles. The van der Waals surface area contributed by atoms with Crippen LogP contribution in [0.4, 0.5) is 0 Å². The molecule has 2 N–H and O–H groups in total. The highest BCUT2D eigenvalue weighted by Crippen LogP contribution is 2.16. The van der Waals surface area contributed by atoms with Crippen LogP contribution >= 0.6 is 24.0 Å². The van der Waals surface area contributed by atoms with E-state index in [9.17, 15) is 0 Å². The molecule has 0 saturated carbocycles. The van der Waals surface area contributed by atoms with Crippen molar-refractivity contribution < 1.29 is 0 Å². The predicted octanol–water partition coefficient (Wildman–Crippen LogP) is 2.67. The first-order chi connectivity index (χ1) is 12.4. The molecule has 0 radical (unpaired) electrons. The Kier molecular flexibility index (Phi) is 9.79. The molecular formula is C20H33IN6. The molecule has 0 spiro atoms. The summed E-state index contributed by atoms with van der Waals surface area (Å²) in [5.74, 6) is 0.824. The average molecular weight is 484 g/mol. The number of benzene rings is 1. The van der Waals surface area contributed by atoms with E-state index in [-0.39, 0.29) is 30.0 Å². The molecule has 0 aliphatic carbocycles. The van der Waals surface area contributed by atoms with E-state index in [0.29, 0.717) is 0 Å². The molecule has 2 aromatic rings. The fraction of sp³-hybridized carbons (Fsp3) is 0.500. The van der Waals surface area contributed by atoms with Crippen LogP contribution in [0.1, 0.15) is 28.3 Å². The summed E-state index contributed by atoms with van der Waals surface area (Å²) in [5.41, 5.74) is 5.17. The Morgan fingerprint density at radius 3 is 2.37 bits per heavy atom. The first kappa shape index (κ1) is 23.4. The normalized spacial score (nSPS) is 12.6. The molecular weight excluding hydrogens is 451 g/mol. The zero-order valence-electron chi connectivity index (χ0n) is 17.3. The van der Waals surface area contributed by atoms with Gasteiger partial charge in [0.1, 0.15) is 0 Å². The fourth-order valence-electron chi connectivity index (χ4n) is 3.16. The Morgan fingerprint density at radius 2 is 1.85 bits per heavy atom. The van der Waals surface area contributed by atoms with Gasteiger partial charge in [0.25, 0.3) is 0 Å². The maximum atomic E-state index is 4.34. The van der Waals surface area contributed by atoms with Crippen LogP contribution in [0.2, 0.25) is 0 Å². The number of hydrogen-bond donors (Lipinski definition) is 2. The lowest BCUT2D eigenvalue weighted by molar-refractivity contribution is 0.298. The Hall–Kier alpha value is -1.61. The lowest BCUT2D eigenvalue weighted by Crippen LogP contribution is -2.42. The molecule has 0 amide bonds. The van der Waals surface area contributed by atoms with Crippen molar-refractivity contribution >= 4 is 29.9 Å². The number of halogens is 1. The molecule has 1 atom stereocenters. The standard InChI is InChI=1S/C20H32N6.HI/c1-15-9-16(2)11-17(10-15)7-8-22-20(21-3)23-13-19(25(4)5)18-12-24-26(6)14-18;/h9-12,14,19H,7-8,13H2,1-6H3,(H2,21,22,23);1H. The van der Waals surface area contributed by atoms with Crippen molar-refractivity contribution in [2.75, 3.05) is 34.2 Å². The van der Waals surface area contributed by atoms with E-state index in [4.69, 9.17) is 0 Å². The van der Waals surface area contributed by atoms with Gasteiger partial charge in [-0.1, -0.05) is 29.3 Å². The molecule has 0 aliphatic heterocycles. The van der Waals surface area contributed by atoms with Crippen LogP contribution in [0, 0.1) is 13.8 Å². The molecule has 1 unspecified atom stereocenters. The van der Waals surface area contributed by atoms with Gasteiger partial charge in [0, 0.05) is 38.9 Å². The number of rotatable bonds is 7. The molecule has 1 aromatic heterocycles. The van der Waals surface area contributed by atoms with E-state index < -0.39 is 0 Å². The molecule has 0 aliphatic rings. The van der Waals surface area contributed by atoms with E-state index >= 15 is 0 Å². The number of aliphatic imine (C=N–C) groups is 1. The number of nitrogens with one attached hydrogen (secondary N) is 2. The topological polar surface area (TPSA) is 57.5 Å². The minimum absolute atomic E-state index is 0. The highest BCUT2D eigenvalue weighted by atomic mass is 127. The lowest BCUT2D eigenvalue weighted by Gasteiger charge is -2.24. The van der Waals surface area contributed by atoms with Crippen molar-refractivity contribution in [2.24, 2.45) is 12.0 Å². The van der Waals surface area contributed by atoms with Crippen LogP contribution in [0.3, 0.4) is 0 Å². The number of aromatic nitrogens is 2. The molecule has 0 bridgehead atoms. The third-order valence-electron chi connectivity index (χ3n) is 4.41. The summed E-state index contributed by atoms with van der Waals surface area (Å²) in [6.07, 6.45) is 4.95. The summed E-state index contributed by atoms with van der Waals surface area (Å²) in [5, 5.41) is 11.1. The Balaban J connectivity index is 0.00000364. The second kappa shape index (κ2) is 11.3. The largest absolute Gasteiger partial charge is 0.356 e. The minimum Gasteiger partial charge on any atom is -0.356 e. The van der Waals surface area contributed by atoms with Gasteiger partial charge in [-0.05, 0) is 39.9 Å². The van der Waals surface area contributed by atoms with Crippen LogP contribution in [-0.4, -0.2) is 54.9 Å². The van der Waals surface area contributed by atoms with E-state index in [1.54, 1.807) is 7.05 Å². The van der Waals surface area contributed by atoms with Crippen LogP contribution in [0.25, 0.3) is 0 Å². The SMILES string of the molecule is CN=C(NCCc1cc(C)cc(C)c1)NCC(c1cnn(C)c1)N(C)C.I. The smallest absolute Gasteiger partial charge is 0.191 e. The van der Waals surface area contributed by atoms with Crippen LogP contribution in [-0.2, 0) is 13.5 Å². The molecule has 7 heteroatoms. The van der Waals surface area contributed by atoms with Crippen LogP contribution < -0.4 is 10.6 Å². The van der Waals surface area contributed by atoms with Gasteiger partial charge in [-0.2, -0.15) is 5.10 Å². The maximum Gasteiger partial charge on any atom is 0.191 e. The summed E-state index contributed by atoms with van der Waals surface area (Å²) < 4.78 is 1.84. The zero-order valence-corrected chi connectivity index (χ0v) is 19.6. The van der Waals surface area contributed by atoms with Crippen LogP contribution in [0.15, 0.2) is 35.6 Å². The van der Waals surface area contributed by atoms with Gasteiger partial charge in [0.05, 0.1) is 12.2 Å². The number of aryl methyl sites for hydroxylation is 3. The first-order valence-electron chi connectivity index (χ1n) is 9.05. The van der Waals surface area contributed by atoms with Gasteiger partial charge in [-0.15, -0.1) is 24.0 Å². The Bertz CT molecular complexity index is 718. The molecule has 0 saturated heterocycles.